The molecule has 0 aliphatic carbocycles. The van der Waals surface area contributed by atoms with Gasteiger partial charge in [0.25, 0.3) is 0 Å². The van der Waals surface area contributed by atoms with Crippen molar-refractivity contribution in [2.45, 2.75) is 6.42 Å². The number of rotatable bonds is 4. The van der Waals surface area contributed by atoms with Crippen molar-refractivity contribution in [3.05, 3.63) is 60.2 Å². The lowest BCUT2D eigenvalue weighted by Crippen LogP contribution is -1.97. The highest BCUT2D eigenvalue weighted by Gasteiger charge is 2.12. The number of ether oxygens (including phenoxy) is 1. The van der Waals surface area contributed by atoms with E-state index in [1.807, 2.05) is 36.4 Å². The van der Waals surface area contributed by atoms with Crippen LogP contribution >= 0.6 is 0 Å². The van der Waals surface area contributed by atoms with Gasteiger partial charge < -0.3 is 15.5 Å². The number of nitrogens with two attached hydrogens (primary N) is 1. The highest BCUT2D eigenvalue weighted by molar-refractivity contribution is 5.83. The first-order chi connectivity index (χ1) is 12.2. The van der Waals surface area contributed by atoms with E-state index < -0.39 is 0 Å². The maximum atomic E-state index is 6.08. The van der Waals surface area contributed by atoms with Gasteiger partial charge in [-0.25, -0.2) is 15.0 Å². The number of aromatic amines is 1. The van der Waals surface area contributed by atoms with Gasteiger partial charge >= 0.3 is 0 Å². The van der Waals surface area contributed by atoms with Gasteiger partial charge in [-0.3, -0.25) is 4.98 Å². The molecule has 3 N–H and O–H groups in total. The van der Waals surface area contributed by atoms with Crippen LogP contribution in [0.3, 0.4) is 0 Å². The number of hydrogen-bond donors (Lipinski definition) is 2. The van der Waals surface area contributed by atoms with Crippen molar-refractivity contribution in [1.82, 2.24) is 24.9 Å². The van der Waals surface area contributed by atoms with Gasteiger partial charge in [0.1, 0.15) is 17.1 Å². The van der Waals surface area contributed by atoms with Crippen LogP contribution in [0.5, 0.6) is 5.75 Å². The number of fused-ring (bicyclic) bond motifs is 1. The van der Waals surface area contributed by atoms with E-state index >= 15 is 0 Å². The first-order valence-corrected chi connectivity index (χ1v) is 7.78. The van der Waals surface area contributed by atoms with Crippen molar-refractivity contribution < 1.29 is 4.74 Å². The Kier molecular flexibility index (Phi) is 3.74. The molecule has 0 atom stereocenters. The molecular formula is C18H16N6O. The summed E-state index contributed by atoms with van der Waals surface area (Å²) < 4.78 is 5.18. The molecular weight excluding hydrogens is 316 g/mol. The smallest absolute Gasteiger partial charge is 0.183 e. The number of benzene rings is 1. The lowest BCUT2D eigenvalue weighted by atomic mass is 10.1. The third-order valence-corrected chi connectivity index (χ3v) is 3.90. The zero-order chi connectivity index (χ0) is 17.2. The molecule has 0 saturated carbocycles. The third-order valence-electron chi connectivity index (χ3n) is 3.90. The standard InChI is InChI=1S/C18H16N6O/c1-25-13-4-2-11(3-5-13)10-14-21-15-16(19)23-17(24-18(15)22-14)12-6-8-20-9-7-12/h2-9H,10H2,1H3,(H3,19,21,22,23,24). The van der Waals surface area contributed by atoms with Crippen LogP contribution in [0, 0.1) is 0 Å². The summed E-state index contributed by atoms with van der Waals surface area (Å²) >= 11 is 0. The Bertz CT molecular complexity index is 1010. The first-order valence-electron chi connectivity index (χ1n) is 7.78. The average Bonchev–Trinajstić information content (AvgIpc) is 3.06. The molecule has 7 nitrogen and oxygen atoms in total. The second-order valence-electron chi connectivity index (χ2n) is 5.58. The minimum Gasteiger partial charge on any atom is -0.497 e. The fourth-order valence-corrected chi connectivity index (χ4v) is 2.62. The fraction of sp³-hybridized carbons (Fsp3) is 0.111. The van der Waals surface area contributed by atoms with Gasteiger partial charge in [0.15, 0.2) is 17.3 Å². The average molecular weight is 332 g/mol. The molecule has 1 aromatic carbocycles. The summed E-state index contributed by atoms with van der Waals surface area (Å²) in [5, 5.41) is 0. The Morgan fingerprint density at radius 2 is 1.76 bits per heavy atom. The highest BCUT2D eigenvalue weighted by Crippen LogP contribution is 2.22. The molecule has 4 aromatic rings. The van der Waals surface area contributed by atoms with Crippen LogP contribution in [-0.2, 0) is 6.42 Å². The second-order valence-corrected chi connectivity index (χ2v) is 5.58. The molecule has 0 aliphatic rings. The molecule has 3 heterocycles. The Hall–Kier alpha value is -3.48. The zero-order valence-corrected chi connectivity index (χ0v) is 13.6. The van der Waals surface area contributed by atoms with E-state index in [-0.39, 0.29) is 0 Å². The number of imidazole rings is 1. The van der Waals surface area contributed by atoms with E-state index in [0.29, 0.717) is 29.2 Å². The number of nitrogens with zero attached hydrogens (tertiary/aromatic N) is 4. The largest absolute Gasteiger partial charge is 0.497 e. The number of pyridine rings is 1. The van der Waals surface area contributed by atoms with Crippen LogP contribution in [0.15, 0.2) is 48.8 Å². The number of nitrogen functional groups attached to an aromatic ring is 1. The van der Waals surface area contributed by atoms with E-state index in [4.69, 9.17) is 10.5 Å². The maximum absolute atomic E-state index is 6.08. The summed E-state index contributed by atoms with van der Waals surface area (Å²) in [4.78, 5) is 20.7. The Morgan fingerprint density at radius 3 is 2.48 bits per heavy atom. The Labute approximate surface area is 143 Å². The topological polar surface area (TPSA) is 103 Å². The summed E-state index contributed by atoms with van der Waals surface area (Å²) in [5.74, 6) is 2.53. The second kappa shape index (κ2) is 6.20. The molecule has 0 bridgehead atoms. The minimum atomic E-state index is 0.380. The van der Waals surface area contributed by atoms with Gasteiger partial charge in [-0.2, -0.15) is 0 Å². The summed E-state index contributed by atoms with van der Waals surface area (Å²) in [7, 11) is 1.65. The van der Waals surface area contributed by atoms with Crippen molar-refractivity contribution in [3.8, 4) is 17.1 Å². The minimum absolute atomic E-state index is 0.380. The lowest BCUT2D eigenvalue weighted by molar-refractivity contribution is 0.414. The molecule has 25 heavy (non-hydrogen) atoms. The number of aromatic nitrogens is 5. The number of nitrogens with one attached hydrogen (secondary N) is 1. The lowest BCUT2D eigenvalue weighted by Gasteiger charge is -2.01. The van der Waals surface area contributed by atoms with E-state index in [0.717, 1.165) is 22.7 Å². The van der Waals surface area contributed by atoms with Crippen molar-refractivity contribution >= 4 is 17.0 Å². The van der Waals surface area contributed by atoms with Crippen LogP contribution in [0.2, 0.25) is 0 Å². The number of H-pyrrole nitrogens is 1. The highest BCUT2D eigenvalue weighted by atomic mass is 16.5. The zero-order valence-electron chi connectivity index (χ0n) is 13.6. The monoisotopic (exact) mass is 332 g/mol. The predicted octanol–water partition coefficient (Wildman–Crippen LogP) is 2.60. The van der Waals surface area contributed by atoms with Crippen molar-refractivity contribution in [3.63, 3.8) is 0 Å². The maximum Gasteiger partial charge on any atom is 0.183 e. The number of anilines is 1. The van der Waals surface area contributed by atoms with Gasteiger partial charge in [-0.05, 0) is 29.8 Å². The van der Waals surface area contributed by atoms with E-state index in [1.54, 1.807) is 19.5 Å². The van der Waals surface area contributed by atoms with Crippen LogP contribution in [0.4, 0.5) is 5.82 Å². The predicted molar refractivity (Wildman–Crippen MR) is 95.1 cm³/mol. The van der Waals surface area contributed by atoms with Crippen LogP contribution in [-0.4, -0.2) is 32.0 Å². The molecule has 124 valence electrons. The van der Waals surface area contributed by atoms with Crippen LogP contribution in [0.1, 0.15) is 11.4 Å². The van der Waals surface area contributed by atoms with Crippen molar-refractivity contribution in [2.24, 2.45) is 0 Å². The van der Waals surface area contributed by atoms with Crippen molar-refractivity contribution in [2.75, 3.05) is 12.8 Å². The molecule has 0 aliphatic heterocycles. The van der Waals surface area contributed by atoms with Gasteiger partial charge in [0.2, 0.25) is 0 Å². The molecule has 0 amide bonds. The van der Waals surface area contributed by atoms with E-state index in [2.05, 4.69) is 24.9 Å². The van der Waals surface area contributed by atoms with E-state index in [9.17, 15) is 0 Å². The number of methoxy groups -OCH3 is 1. The molecule has 0 unspecified atom stereocenters. The molecule has 0 radical (unpaired) electrons. The molecule has 7 heteroatoms. The molecule has 0 spiro atoms. The van der Waals surface area contributed by atoms with Crippen LogP contribution in [0.25, 0.3) is 22.6 Å². The SMILES string of the molecule is COc1ccc(Cc2nc3nc(-c4ccncc4)nc(N)c3[nH]2)cc1. The van der Waals surface area contributed by atoms with E-state index in [1.165, 1.54) is 0 Å². The third kappa shape index (κ3) is 2.99. The quantitative estimate of drug-likeness (QED) is 0.595. The summed E-state index contributed by atoms with van der Waals surface area (Å²) in [6.07, 6.45) is 4.03. The molecule has 0 fully saturated rings. The molecule has 3 aromatic heterocycles. The normalized spacial score (nSPS) is 10.9. The van der Waals surface area contributed by atoms with Gasteiger partial charge in [0, 0.05) is 24.4 Å². The molecule has 4 rings (SSSR count). The summed E-state index contributed by atoms with van der Waals surface area (Å²) in [6.45, 7) is 0. The van der Waals surface area contributed by atoms with Gasteiger partial charge in [-0.1, -0.05) is 12.1 Å². The van der Waals surface area contributed by atoms with Crippen molar-refractivity contribution in [1.29, 1.82) is 0 Å². The number of hydrogen-bond acceptors (Lipinski definition) is 6. The Balaban J connectivity index is 1.68. The van der Waals surface area contributed by atoms with Gasteiger partial charge in [0.05, 0.1) is 7.11 Å². The summed E-state index contributed by atoms with van der Waals surface area (Å²) in [5.41, 5.74) is 9.26. The van der Waals surface area contributed by atoms with Crippen LogP contribution < -0.4 is 10.5 Å². The van der Waals surface area contributed by atoms with Gasteiger partial charge in [-0.15, -0.1) is 0 Å². The Morgan fingerprint density at radius 1 is 1.00 bits per heavy atom. The fourth-order valence-electron chi connectivity index (χ4n) is 2.62. The summed E-state index contributed by atoms with van der Waals surface area (Å²) in [6, 6.07) is 11.5. The molecule has 0 saturated heterocycles. The first kappa shape index (κ1) is 15.1.